The number of hydrogen-bond donors (Lipinski definition) is 1. The molecule has 0 bridgehead atoms. The Morgan fingerprint density at radius 2 is 2.19 bits per heavy atom. The van der Waals surface area contributed by atoms with Gasteiger partial charge in [0.05, 0.1) is 12.7 Å². The highest BCUT2D eigenvalue weighted by atomic mass is 35.5. The minimum atomic E-state index is 0. The number of hydrogen-bond acceptors (Lipinski definition) is 3. The minimum Gasteiger partial charge on any atom is -0.326 e. The molecule has 0 aliphatic rings. The molecule has 0 radical (unpaired) electrons. The Morgan fingerprint density at radius 3 is 2.81 bits per heavy atom. The molecule has 2 N–H and O–H groups in total. The summed E-state index contributed by atoms with van der Waals surface area (Å²) in [4.78, 5) is 3.92. The number of aromatic nitrogens is 3. The van der Waals surface area contributed by atoms with Crippen LogP contribution in [0.15, 0.2) is 30.7 Å². The first-order valence-electron chi connectivity index (χ1n) is 4.60. The van der Waals surface area contributed by atoms with Crippen LogP contribution in [-0.2, 0) is 13.1 Å². The third kappa shape index (κ3) is 3.20. The normalized spacial score (nSPS) is 9.88. The van der Waals surface area contributed by atoms with E-state index >= 15 is 0 Å². The van der Waals surface area contributed by atoms with Crippen molar-refractivity contribution in [1.29, 1.82) is 0 Å². The van der Waals surface area contributed by atoms with Crippen LogP contribution in [0.25, 0.3) is 0 Å². The van der Waals surface area contributed by atoms with Crippen molar-refractivity contribution in [1.82, 2.24) is 14.8 Å². The standard InChI is InChI=1S/C10H11ClN4.ClH/c11-10-3-8(1-2-13-10)6-15-7-9(4-12)5-14-15;/h1-3,5,7H,4,6,12H2;1H. The molecule has 2 rings (SSSR count). The van der Waals surface area contributed by atoms with E-state index in [-0.39, 0.29) is 12.4 Å². The molecule has 0 saturated carbocycles. The van der Waals surface area contributed by atoms with Crippen molar-refractivity contribution in [2.24, 2.45) is 5.73 Å². The maximum atomic E-state index is 5.78. The Bertz CT molecular complexity index is 456. The molecule has 2 aromatic rings. The highest BCUT2D eigenvalue weighted by molar-refractivity contribution is 6.29. The number of rotatable bonds is 3. The summed E-state index contributed by atoms with van der Waals surface area (Å²) in [5.74, 6) is 0. The molecule has 2 heterocycles. The van der Waals surface area contributed by atoms with Crippen LogP contribution in [0.5, 0.6) is 0 Å². The van der Waals surface area contributed by atoms with Crippen LogP contribution in [0.4, 0.5) is 0 Å². The highest BCUT2D eigenvalue weighted by Gasteiger charge is 1.99. The van der Waals surface area contributed by atoms with Crippen LogP contribution in [0.3, 0.4) is 0 Å². The molecule has 0 fully saturated rings. The van der Waals surface area contributed by atoms with Gasteiger partial charge in [0.15, 0.2) is 0 Å². The minimum absolute atomic E-state index is 0. The van der Waals surface area contributed by atoms with Crippen molar-refractivity contribution in [2.45, 2.75) is 13.1 Å². The number of nitrogens with two attached hydrogens (primary N) is 1. The Labute approximate surface area is 105 Å². The summed E-state index contributed by atoms with van der Waals surface area (Å²) in [7, 11) is 0. The molecule has 0 aromatic carbocycles. The first-order chi connectivity index (χ1) is 7.28. The number of halogens is 2. The van der Waals surface area contributed by atoms with Gasteiger partial charge in [-0.25, -0.2) is 4.98 Å². The zero-order valence-corrected chi connectivity index (χ0v) is 10.1. The second kappa shape index (κ2) is 5.84. The van der Waals surface area contributed by atoms with E-state index in [1.807, 2.05) is 23.0 Å². The van der Waals surface area contributed by atoms with Gasteiger partial charge in [0.25, 0.3) is 0 Å². The lowest BCUT2D eigenvalue weighted by Crippen LogP contribution is -2.00. The van der Waals surface area contributed by atoms with E-state index in [4.69, 9.17) is 17.3 Å². The van der Waals surface area contributed by atoms with Crippen molar-refractivity contribution >= 4 is 24.0 Å². The molecule has 2 aromatic heterocycles. The summed E-state index contributed by atoms with van der Waals surface area (Å²) in [6, 6.07) is 3.74. The quantitative estimate of drug-likeness (QED) is 0.856. The topological polar surface area (TPSA) is 56.7 Å². The Balaban J connectivity index is 0.00000128. The van der Waals surface area contributed by atoms with Gasteiger partial charge in [-0.2, -0.15) is 5.10 Å². The second-order valence-corrected chi connectivity index (χ2v) is 3.62. The summed E-state index contributed by atoms with van der Waals surface area (Å²) in [6.07, 6.45) is 5.38. The third-order valence-corrected chi connectivity index (χ3v) is 2.26. The summed E-state index contributed by atoms with van der Waals surface area (Å²) in [5, 5.41) is 4.68. The first-order valence-corrected chi connectivity index (χ1v) is 4.97. The first kappa shape index (κ1) is 13.0. The van der Waals surface area contributed by atoms with Crippen LogP contribution < -0.4 is 5.73 Å². The van der Waals surface area contributed by atoms with Gasteiger partial charge in [0.1, 0.15) is 5.15 Å². The van der Waals surface area contributed by atoms with Crippen LogP contribution in [0.1, 0.15) is 11.1 Å². The average molecular weight is 259 g/mol. The van der Waals surface area contributed by atoms with E-state index in [0.29, 0.717) is 18.2 Å². The van der Waals surface area contributed by atoms with Crippen LogP contribution in [0, 0.1) is 0 Å². The zero-order valence-electron chi connectivity index (χ0n) is 8.51. The summed E-state index contributed by atoms with van der Waals surface area (Å²) < 4.78 is 1.83. The van der Waals surface area contributed by atoms with Gasteiger partial charge in [0.2, 0.25) is 0 Å². The van der Waals surface area contributed by atoms with Crippen molar-refractivity contribution in [2.75, 3.05) is 0 Å². The lowest BCUT2D eigenvalue weighted by atomic mass is 10.3. The van der Waals surface area contributed by atoms with Crippen LogP contribution in [-0.4, -0.2) is 14.8 Å². The predicted octanol–water partition coefficient (Wildman–Crippen LogP) is 1.86. The lowest BCUT2D eigenvalue weighted by Gasteiger charge is -2.01. The smallest absolute Gasteiger partial charge is 0.129 e. The van der Waals surface area contributed by atoms with Crippen LogP contribution >= 0.6 is 24.0 Å². The van der Waals surface area contributed by atoms with E-state index in [9.17, 15) is 0 Å². The fourth-order valence-electron chi connectivity index (χ4n) is 1.33. The van der Waals surface area contributed by atoms with Gasteiger partial charge in [-0.3, -0.25) is 4.68 Å². The Kier molecular flexibility index (Phi) is 4.73. The highest BCUT2D eigenvalue weighted by Crippen LogP contribution is 2.08. The predicted molar refractivity (Wildman–Crippen MR) is 65.7 cm³/mol. The van der Waals surface area contributed by atoms with Gasteiger partial charge < -0.3 is 5.73 Å². The maximum Gasteiger partial charge on any atom is 0.129 e. The van der Waals surface area contributed by atoms with Gasteiger partial charge in [-0.1, -0.05) is 11.6 Å². The van der Waals surface area contributed by atoms with E-state index in [1.165, 1.54) is 0 Å². The molecule has 6 heteroatoms. The fourth-order valence-corrected chi connectivity index (χ4v) is 1.52. The molecule has 0 saturated heterocycles. The molecule has 0 spiro atoms. The number of pyridine rings is 1. The summed E-state index contributed by atoms with van der Waals surface area (Å²) >= 11 is 5.78. The Hall–Kier alpha value is -1.10. The molecular formula is C10H12Cl2N4. The lowest BCUT2D eigenvalue weighted by molar-refractivity contribution is 0.685. The molecule has 0 aliphatic carbocycles. The van der Waals surface area contributed by atoms with Crippen molar-refractivity contribution in [3.8, 4) is 0 Å². The van der Waals surface area contributed by atoms with Crippen molar-refractivity contribution in [3.05, 3.63) is 47.0 Å². The number of nitrogens with zero attached hydrogens (tertiary/aromatic N) is 3. The van der Waals surface area contributed by atoms with Crippen LogP contribution in [0.2, 0.25) is 5.15 Å². The molecule has 0 amide bonds. The maximum absolute atomic E-state index is 5.78. The summed E-state index contributed by atoms with van der Waals surface area (Å²) in [5.41, 5.74) is 7.59. The van der Waals surface area contributed by atoms with E-state index in [2.05, 4.69) is 10.1 Å². The Morgan fingerprint density at radius 1 is 1.38 bits per heavy atom. The van der Waals surface area contributed by atoms with Gasteiger partial charge in [-0.05, 0) is 17.7 Å². The molecule has 0 atom stereocenters. The second-order valence-electron chi connectivity index (χ2n) is 3.24. The fraction of sp³-hybridized carbons (Fsp3) is 0.200. The van der Waals surface area contributed by atoms with Gasteiger partial charge >= 0.3 is 0 Å². The largest absolute Gasteiger partial charge is 0.326 e. The van der Waals surface area contributed by atoms with Gasteiger partial charge in [-0.15, -0.1) is 12.4 Å². The van der Waals surface area contributed by atoms with E-state index in [0.717, 1.165) is 11.1 Å². The van der Waals surface area contributed by atoms with Crippen molar-refractivity contribution in [3.63, 3.8) is 0 Å². The molecule has 4 nitrogen and oxygen atoms in total. The molecular weight excluding hydrogens is 247 g/mol. The zero-order chi connectivity index (χ0) is 10.7. The van der Waals surface area contributed by atoms with E-state index in [1.54, 1.807) is 12.4 Å². The van der Waals surface area contributed by atoms with Gasteiger partial charge in [0, 0.05) is 24.5 Å². The summed E-state index contributed by atoms with van der Waals surface area (Å²) in [6.45, 7) is 1.19. The van der Waals surface area contributed by atoms with Crippen molar-refractivity contribution < 1.29 is 0 Å². The average Bonchev–Trinajstić information content (AvgIpc) is 2.65. The molecule has 0 aliphatic heterocycles. The third-order valence-electron chi connectivity index (χ3n) is 2.06. The SMILES string of the molecule is Cl.NCc1cnn(Cc2ccnc(Cl)c2)c1. The van der Waals surface area contributed by atoms with E-state index < -0.39 is 0 Å². The molecule has 0 unspecified atom stereocenters. The monoisotopic (exact) mass is 258 g/mol. The molecule has 86 valence electrons. The molecule has 16 heavy (non-hydrogen) atoms.